The molecule has 2 heterocycles. The Morgan fingerprint density at radius 2 is 1.81 bits per heavy atom. The van der Waals surface area contributed by atoms with Crippen LogP contribution in [0.4, 0.5) is 14.5 Å². The van der Waals surface area contributed by atoms with Crippen molar-refractivity contribution in [3.8, 4) is 11.5 Å². The molecule has 2 aromatic rings. The van der Waals surface area contributed by atoms with Crippen LogP contribution in [0.2, 0.25) is 0 Å². The lowest BCUT2D eigenvalue weighted by Gasteiger charge is -2.35. The Morgan fingerprint density at radius 1 is 1.19 bits per heavy atom. The summed E-state index contributed by atoms with van der Waals surface area (Å²) in [5.74, 6) is -2.57. The molecule has 0 atom stereocenters. The van der Waals surface area contributed by atoms with E-state index in [4.69, 9.17) is 9.47 Å². The molecule has 1 saturated carbocycles. The average molecular weight is 372 g/mol. The zero-order valence-corrected chi connectivity index (χ0v) is 15.0. The van der Waals surface area contributed by atoms with Crippen molar-refractivity contribution >= 4 is 17.7 Å². The summed E-state index contributed by atoms with van der Waals surface area (Å²) in [4.78, 5) is 18.7. The van der Waals surface area contributed by atoms with Gasteiger partial charge in [0.2, 0.25) is 5.91 Å². The molecule has 1 spiro atoms. The van der Waals surface area contributed by atoms with Gasteiger partial charge in [0.15, 0.2) is 23.1 Å². The predicted molar refractivity (Wildman–Crippen MR) is 95.9 cm³/mol. The van der Waals surface area contributed by atoms with E-state index in [0.717, 1.165) is 22.1 Å². The van der Waals surface area contributed by atoms with E-state index in [1.165, 1.54) is 14.2 Å². The van der Waals surface area contributed by atoms with Crippen molar-refractivity contribution in [2.45, 2.75) is 24.8 Å². The Hall–Kier alpha value is -2.96. The first kappa shape index (κ1) is 17.5. The first-order valence-corrected chi connectivity index (χ1v) is 8.50. The molecule has 0 unspecified atom stereocenters. The topological polar surface area (TPSA) is 51.7 Å². The Kier molecular flexibility index (Phi) is 3.91. The van der Waals surface area contributed by atoms with Gasteiger partial charge in [0.1, 0.15) is 5.69 Å². The largest absolute Gasteiger partial charge is 0.493 e. The number of ether oxygens (including phenoxy) is 2. The molecular weight excluding hydrogens is 354 g/mol. The van der Waals surface area contributed by atoms with Gasteiger partial charge < -0.3 is 14.4 Å². The Bertz CT molecular complexity index is 942. The third-order valence-electron chi connectivity index (χ3n) is 5.29. The molecule has 1 aliphatic carbocycles. The van der Waals surface area contributed by atoms with Gasteiger partial charge in [-0.1, -0.05) is 6.58 Å². The van der Waals surface area contributed by atoms with Crippen LogP contribution in [0.3, 0.4) is 0 Å². The zero-order valence-electron chi connectivity index (χ0n) is 15.0. The van der Waals surface area contributed by atoms with Crippen molar-refractivity contribution in [3.05, 3.63) is 53.4 Å². The van der Waals surface area contributed by atoms with E-state index >= 15 is 0 Å². The number of carbonyl (C=O) groups excluding carboxylic acids is 1. The van der Waals surface area contributed by atoms with Crippen molar-refractivity contribution in [1.29, 1.82) is 0 Å². The molecular formula is C20H18F2N2O3. The van der Waals surface area contributed by atoms with Gasteiger partial charge in [0.05, 0.1) is 31.9 Å². The van der Waals surface area contributed by atoms with Crippen LogP contribution >= 0.6 is 0 Å². The Balaban J connectivity index is 1.89. The highest BCUT2D eigenvalue weighted by Gasteiger charge is 2.57. The minimum absolute atomic E-state index is 0.0184. The number of amides is 1. The van der Waals surface area contributed by atoms with E-state index in [-0.39, 0.29) is 24.0 Å². The summed E-state index contributed by atoms with van der Waals surface area (Å²) < 4.78 is 39.9. The summed E-state index contributed by atoms with van der Waals surface area (Å²) in [5, 5.41) is 0. The molecule has 1 aromatic carbocycles. The molecule has 5 nitrogen and oxygen atoms in total. The van der Waals surface area contributed by atoms with Crippen molar-refractivity contribution < 1.29 is 23.0 Å². The van der Waals surface area contributed by atoms with Gasteiger partial charge in [0.25, 0.3) is 0 Å². The lowest BCUT2D eigenvalue weighted by atomic mass is 9.86. The highest BCUT2D eigenvalue weighted by Crippen LogP contribution is 2.54. The molecule has 7 heteroatoms. The van der Waals surface area contributed by atoms with Gasteiger partial charge >= 0.3 is 0 Å². The molecule has 2 aliphatic rings. The monoisotopic (exact) mass is 372 g/mol. The molecule has 1 aromatic heterocycles. The van der Waals surface area contributed by atoms with Crippen molar-refractivity contribution in [2.75, 3.05) is 19.1 Å². The second-order valence-electron chi connectivity index (χ2n) is 6.70. The maximum Gasteiger partial charge on any atom is 0.238 e. The molecule has 4 rings (SSSR count). The second-order valence-corrected chi connectivity index (χ2v) is 6.70. The lowest BCUT2D eigenvalue weighted by molar-refractivity contribution is -0.121. The van der Waals surface area contributed by atoms with E-state index in [2.05, 4.69) is 11.6 Å². The van der Waals surface area contributed by atoms with Gasteiger partial charge in [-0.2, -0.15) is 0 Å². The molecule has 0 N–H and O–H groups in total. The standard InChI is InChI=1S/C20H18F2N2O3/c1-4-12-7-13-11(9-23-12)10-24(19(25)20(13)5-6-20)18-16(21)14(26-2)8-15(27-3)17(18)22/h4,7-9H,1,5-6,10H2,2-3H3. The van der Waals surface area contributed by atoms with Gasteiger partial charge in [-0.3, -0.25) is 9.78 Å². The number of pyridine rings is 1. The van der Waals surface area contributed by atoms with Gasteiger partial charge in [0, 0.05) is 12.3 Å². The first-order chi connectivity index (χ1) is 13.0. The minimum Gasteiger partial charge on any atom is -0.493 e. The van der Waals surface area contributed by atoms with Gasteiger partial charge in [-0.25, -0.2) is 8.78 Å². The maximum absolute atomic E-state index is 14.9. The molecule has 1 amide bonds. The SMILES string of the molecule is C=Cc1cc2c(cn1)CN(c1c(F)c(OC)cc(OC)c1F)C(=O)C21CC1. The molecule has 0 saturated heterocycles. The number of methoxy groups -OCH3 is 2. The predicted octanol–water partition coefficient (Wildman–Crippen LogP) is 3.60. The Labute approximate surface area is 155 Å². The Morgan fingerprint density at radius 3 is 2.33 bits per heavy atom. The van der Waals surface area contributed by atoms with Crippen molar-refractivity contribution in [2.24, 2.45) is 0 Å². The molecule has 0 radical (unpaired) electrons. The summed E-state index contributed by atoms with van der Waals surface area (Å²) in [6, 6.07) is 2.96. The summed E-state index contributed by atoms with van der Waals surface area (Å²) >= 11 is 0. The van der Waals surface area contributed by atoms with Crippen LogP contribution in [0.15, 0.2) is 24.9 Å². The second kappa shape index (κ2) is 6.04. The summed E-state index contributed by atoms with van der Waals surface area (Å²) in [6.07, 6.45) is 4.50. The van der Waals surface area contributed by atoms with Crippen LogP contribution in [-0.2, 0) is 16.8 Å². The fourth-order valence-corrected chi connectivity index (χ4v) is 3.70. The smallest absolute Gasteiger partial charge is 0.238 e. The van der Waals surface area contributed by atoms with Crippen LogP contribution in [-0.4, -0.2) is 25.1 Å². The fourth-order valence-electron chi connectivity index (χ4n) is 3.70. The zero-order chi connectivity index (χ0) is 19.3. The minimum atomic E-state index is -0.931. The number of anilines is 1. The fraction of sp³-hybridized carbons (Fsp3) is 0.300. The molecule has 1 fully saturated rings. The van der Waals surface area contributed by atoms with Crippen LogP contribution < -0.4 is 14.4 Å². The quantitative estimate of drug-likeness (QED) is 0.823. The van der Waals surface area contributed by atoms with E-state index in [1.807, 2.05) is 6.07 Å². The van der Waals surface area contributed by atoms with Crippen molar-refractivity contribution in [3.63, 3.8) is 0 Å². The van der Waals surface area contributed by atoms with E-state index in [1.54, 1.807) is 12.3 Å². The first-order valence-electron chi connectivity index (χ1n) is 8.50. The van der Waals surface area contributed by atoms with E-state index in [0.29, 0.717) is 18.5 Å². The molecule has 1 aliphatic heterocycles. The number of hydrogen-bond donors (Lipinski definition) is 0. The van der Waals surface area contributed by atoms with Crippen LogP contribution in [0.1, 0.15) is 29.7 Å². The third kappa shape index (κ3) is 2.41. The summed E-state index contributed by atoms with van der Waals surface area (Å²) in [5.41, 5.74) is 1.08. The third-order valence-corrected chi connectivity index (χ3v) is 5.29. The maximum atomic E-state index is 14.9. The van der Waals surface area contributed by atoms with Gasteiger partial charge in [-0.05, 0) is 36.1 Å². The number of halogens is 2. The number of rotatable bonds is 4. The number of fused-ring (bicyclic) bond motifs is 2. The average Bonchev–Trinajstić information content (AvgIpc) is 3.47. The van der Waals surface area contributed by atoms with Crippen molar-refractivity contribution in [1.82, 2.24) is 4.98 Å². The molecule has 27 heavy (non-hydrogen) atoms. The van der Waals surface area contributed by atoms with Crippen LogP contribution in [0, 0.1) is 11.6 Å². The highest BCUT2D eigenvalue weighted by molar-refractivity contribution is 6.05. The van der Waals surface area contributed by atoms with E-state index in [9.17, 15) is 13.6 Å². The van der Waals surface area contributed by atoms with E-state index < -0.39 is 22.7 Å². The van der Waals surface area contributed by atoms with Crippen LogP contribution in [0.5, 0.6) is 11.5 Å². The molecule has 0 bridgehead atoms. The van der Waals surface area contributed by atoms with Gasteiger partial charge in [-0.15, -0.1) is 0 Å². The number of nitrogens with zero attached hydrogens (tertiary/aromatic N) is 2. The number of benzene rings is 1. The summed E-state index contributed by atoms with van der Waals surface area (Å²) in [7, 11) is 2.55. The number of aromatic nitrogens is 1. The molecule has 140 valence electrons. The highest BCUT2D eigenvalue weighted by atomic mass is 19.1. The summed E-state index contributed by atoms with van der Waals surface area (Å²) in [6.45, 7) is 3.72. The van der Waals surface area contributed by atoms with Crippen LogP contribution in [0.25, 0.3) is 6.08 Å². The normalized spacial score (nSPS) is 16.9. The number of carbonyl (C=O) groups is 1. The lowest BCUT2D eigenvalue weighted by Crippen LogP contribution is -2.45. The number of hydrogen-bond acceptors (Lipinski definition) is 4.